The van der Waals surface area contributed by atoms with Gasteiger partial charge in [0.2, 0.25) is 5.91 Å². The van der Waals surface area contributed by atoms with Crippen LogP contribution in [-0.2, 0) is 11.2 Å². The molecular formula is C18H29IN4O. The van der Waals surface area contributed by atoms with Gasteiger partial charge in [-0.15, -0.1) is 24.0 Å². The molecule has 1 heterocycles. The van der Waals surface area contributed by atoms with Gasteiger partial charge in [-0.2, -0.15) is 0 Å². The van der Waals surface area contributed by atoms with Gasteiger partial charge in [0, 0.05) is 32.6 Å². The summed E-state index contributed by atoms with van der Waals surface area (Å²) in [5.41, 5.74) is 1.31. The monoisotopic (exact) mass is 444 g/mol. The van der Waals surface area contributed by atoms with Crippen molar-refractivity contribution in [2.45, 2.75) is 32.6 Å². The predicted molar refractivity (Wildman–Crippen MR) is 110 cm³/mol. The van der Waals surface area contributed by atoms with Gasteiger partial charge in [-0.25, -0.2) is 0 Å². The van der Waals surface area contributed by atoms with Crippen molar-refractivity contribution in [3.8, 4) is 0 Å². The molecule has 1 aliphatic rings. The van der Waals surface area contributed by atoms with E-state index in [1.807, 2.05) is 17.9 Å². The van der Waals surface area contributed by atoms with Crippen molar-refractivity contribution in [3.63, 3.8) is 0 Å². The van der Waals surface area contributed by atoms with Gasteiger partial charge in [-0.05, 0) is 31.7 Å². The fourth-order valence-corrected chi connectivity index (χ4v) is 2.70. The van der Waals surface area contributed by atoms with E-state index in [-0.39, 0.29) is 29.9 Å². The van der Waals surface area contributed by atoms with Gasteiger partial charge in [0.05, 0.1) is 6.54 Å². The quantitative estimate of drug-likeness (QED) is 0.386. The smallest absolute Gasteiger partial charge is 0.224 e. The lowest BCUT2D eigenvalue weighted by Gasteiger charge is -2.15. The molecule has 0 atom stereocenters. The second kappa shape index (κ2) is 12.1. The Morgan fingerprint density at radius 1 is 1.17 bits per heavy atom. The van der Waals surface area contributed by atoms with E-state index >= 15 is 0 Å². The van der Waals surface area contributed by atoms with Crippen molar-refractivity contribution >= 4 is 35.8 Å². The number of nitrogens with zero attached hydrogens (tertiary/aromatic N) is 2. The van der Waals surface area contributed by atoms with Gasteiger partial charge in [-0.1, -0.05) is 30.3 Å². The van der Waals surface area contributed by atoms with Crippen LogP contribution in [0.1, 0.15) is 31.7 Å². The molecule has 0 spiro atoms. The second-order valence-electron chi connectivity index (χ2n) is 5.76. The molecular weight excluding hydrogens is 415 g/mol. The van der Waals surface area contributed by atoms with Crippen molar-refractivity contribution in [3.05, 3.63) is 35.9 Å². The van der Waals surface area contributed by atoms with E-state index < -0.39 is 0 Å². The number of hydrogen-bond donors (Lipinski definition) is 2. The molecule has 24 heavy (non-hydrogen) atoms. The lowest BCUT2D eigenvalue weighted by Crippen LogP contribution is -2.38. The van der Waals surface area contributed by atoms with Crippen LogP contribution in [0.2, 0.25) is 0 Å². The number of aliphatic imine (C=N–C) groups is 1. The van der Waals surface area contributed by atoms with E-state index in [4.69, 9.17) is 0 Å². The minimum Gasteiger partial charge on any atom is -0.357 e. The Kier molecular flexibility index (Phi) is 10.5. The van der Waals surface area contributed by atoms with Crippen LogP contribution < -0.4 is 10.6 Å². The second-order valence-corrected chi connectivity index (χ2v) is 5.76. The van der Waals surface area contributed by atoms with Crippen LogP contribution in [0.5, 0.6) is 0 Å². The number of rotatable bonds is 7. The molecule has 0 unspecified atom stereocenters. The first-order valence-electron chi connectivity index (χ1n) is 8.63. The molecule has 2 rings (SSSR count). The number of carbonyl (C=O) groups excluding carboxylic acids is 1. The first kappa shape index (κ1) is 20.7. The highest BCUT2D eigenvalue weighted by molar-refractivity contribution is 14.0. The average molecular weight is 444 g/mol. The zero-order valence-corrected chi connectivity index (χ0v) is 16.8. The predicted octanol–water partition coefficient (Wildman–Crippen LogP) is 2.41. The maximum absolute atomic E-state index is 12.0. The molecule has 1 aromatic carbocycles. The van der Waals surface area contributed by atoms with Crippen LogP contribution in [0.3, 0.4) is 0 Å². The van der Waals surface area contributed by atoms with Crippen LogP contribution in [-0.4, -0.2) is 49.5 Å². The maximum atomic E-state index is 12.0. The number of hydrogen-bond acceptors (Lipinski definition) is 2. The molecule has 0 aliphatic carbocycles. The number of likely N-dealkylation sites (tertiary alicyclic amines) is 1. The molecule has 1 amide bonds. The van der Waals surface area contributed by atoms with Crippen LogP contribution in [0, 0.1) is 0 Å². The highest BCUT2D eigenvalue weighted by atomic mass is 127. The maximum Gasteiger partial charge on any atom is 0.224 e. The molecule has 1 fully saturated rings. The Morgan fingerprint density at radius 3 is 2.54 bits per heavy atom. The number of nitrogens with one attached hydrogen (secondary N) is 2. The molecule has 0 aromatic heterocycles. The van der Waals surface area contributed by atoms with Gasteiger partial charge in [0.1, 0.15) is 0 Å². The van der Waals surface area contributed by atoms with Crippen LogP contribution in [0.25, 0.3) is 0 Å². The Hall–Kier alpha value is -1.31. The molecule has 134 valence electrons. The third-order valence-electron chi connectivity index (χ3n) is 3.95. The van der Waals surface area contributed by atoms with Crippen LogP contribution in [0.15, 0.2) is 35.3 Å². The topological polar surface area (TPSA) is 56.7 Å². The Labute approximate surface area is 162 Å². The van der Waals surface area contributed by atoms with Crippen LogP contribution in [0.4, 0.5) is 0 Å². The van der Waals surface area contributed by atoms with Crippen molar-refractivity contribution < 1.29 is 4.79 Å². The summed E-state index contributed by atoms with van der Waals surface area (Å²) in [6, 6.07) is 10.4. The molecule has 5 nitrogen and oxygen atoms in total. The highest BCUT2D eigenvalue weighted by Gasteiger charge is 2.16. The fourth-order valence-electron chi connectivity index (χ4n) is 2.70. The van der Waals surface area contributed by atoms with E-state index in [1.54, 1.807) is 0 Å². The van der Waals surface area contributed by atoms with Crippen LogP contribution >= 0.6 is 24.0 Å². The van der Waals surface area contributed by atoms with Crippen molar-refractivity contribution in [2.24, 2.45) is 4.99 Å². The molecule has 6 heteroatoms. The third-order valence-corrected chi connectivity index (χ3v) is 3.95. The van der Waals surface area contributed by atoms with Gasteiger partial charge in [-0.3, -0.25) is 9.79 Å². The molecule has 0 bridgehead atoms. The Morgan fingerprint density at radius 2 is 1.88 bits per heavy atom. The lowest BCUT2D eigenvalue weighted by atomic mass is 10.1. The van der Waals surface area contributed by atoms with E-state index in [1.165, 1.54) is 5.56 Å². The summed E-state index contributed by atoms with van der Waals surface area (Å²) >= 11 is 0. The molecule has 1 aromatic rings. The molecule has 0 radical (unpaired) electrons. The van der Waals surface area contributed by atoms with Gasteiger partial charge in [0.15, 0.2) is 5.96 Å². The zero-order chi connectivity index (χ0) is 16.3. The molecule has 1 aliphatic heterocycles. The minimum absolute atomic E-state index is 0. The summed E-state index contributed by atoms with van der Waals surface area (Å²) < 4.78 is 0. The average Bonchev–Trinajstić information content (AvgIpc) is 3.10. The van der Waals surface area contributed by atoms with Gasteiger partial charge < -0.3 is 15.5 Å². The Balaban J connectivity index is 0.00000288. The number of halogens is 1. The van der Waals surface area contributed by atoms with Crippen molar-refractivity contribution in [1.29, 1.82) is 0 Å². The first-order valence-corrected chi connectivity index (χ1v) is 8.63. The normalized spacial score (nSPS) is 14.2. The Bertz CT molecular complexity index is 501. The van der Waals surface area contributed by atoms with E-state index in [2.05, 4.69) is 39.9 Å². The summed E-state index contributed by atoms with van der Waals surface area (Å²) in [6.07, 6.45) is 3.73. The standard InChI is InChI=1S/C18H28N4O.HI/c1-2-19-18(20-12-10-16-8-4-3-5-9-16)21-13-11-17(23)22-14-6-7-15-22;/h3-5,8-9H,2,6-7,10-15H2,1H3,(H2,19,20,21);1H. The number of amides is 1. The summed E-state index contributed by atoms with van der Waals surface area (Å²) in [5.74, 6) is 1.02. The number of carbonyl (C=O) groups is 1. The van der Waals surface area contributed by atoms with E-state index in [0.29, 0.717) is 13.0 Å². The highest BCUT2D eigenvalue weighted by Crippen LogP contribution is 2.08. The molecule has 0 saturated carbocycles. The fraction of sp³-hybridized carbons (Fsp3) is 0.556. The largest absolute Gasteiger partial charge is 0.357 e. The molecule has 2 N–H and O–H groups in total. The van der Waals surface area contributed by atoms with Crippen molar-refractivity contribution in [1.82, 2.24) is 15.5 Å². The summed E-state index contributed by atoms with van der Waals surface area (Å²) in [4.78, 5) is 18.5. The van der Waals surface area contributed by atoms with E-state index in [9.17, 15) is 4.79 Å². The SMILES string of the molecule is CCNC(=NCCC(=O)N1CCCC1)NCCc1ccccc1.I. The van der Waals surface area contributed by atoms with Gasteiger partial charge in [0.25, 0.3) is 0 Å². The summed E-state index contributed by atoms with van der Waals surface area (Å²) in [5, 5.41) is 6.55. The first-order chi connectivity index (χ1) is 11.3. The summed E-state index contributed by atoms with van der Waals surface area (Å²) in [6.45, 7) is 6.06. The third kappa shape index (κ3) is 7.51. The van der Waals surface area contributed by atoms with Crippen molar-refractivity contribution in [2.75, 3.05) is 32.7 Å². The summed E-state index contributed by atoms with van der Waals surface area (Å²) in [7, 11) is 0. The van der Waals surface area contributed by atoms with Gasteiger partial charge >= 0.3 is 0 Å². The number of guanidine groups is 1. The minimum atomic E-state index is 0. The zero-order valence-electron chi connectivity index (χ0n) is 14.5. The van der Waals surface area contributed by atoms with E-state index in [0.717, 1.165) is 51.4 Å². The molecule has 1 saturated heterocycles. The lowest BCUT2D eigenvalue weighted by molar-refractivity contribution is -0.129. The number of benzene rings is 1.